The molecule has 1 spiro atoms. The van der Waals surface area contributed by atoms with E-state index >= 15 is 0 Å². The van der Waals surface area contributed by atoms with E-state index in [0.717, 1.165) is 5.56 Å². The van der Waals surface area contributed by atoms with Crippen molar-refractivity contribution < 1.29 is 9.53 Å². The summed E-state index contributed by atoms with van der Waals surface area (Å²) in [5.74, 6) is -0.286. The molecule has 0 aliphatic carbocycles. The number of nitriles is 1. The van der Waals surface area contributed by atoms with Crippen LogP contribution in [-0.2, 0) is 10.2 Å². The number of H-pyrrole nitrogens is 1. The summed E-state index contributed by atoms with van der Waals surface area (Å²) >= 11 is 0. The van der Waals surface area contributed by atoms with E-state index in [2.05, 4.69) is 21.6 Å². The number of para-hydroxylation sites is 1. The van der Waals surface area contributed by atoms with Gasteiger partial charge in [-0.2, -0.15) is 5.26 Å². The van der Waals surface area contributed by atoms with E-state index in [0.29, 0.717) is 22.5 Å². The van der Waals surface area contributed by atoms with Crippen molar-refractivity contribution in [1.82, 2.24) is 10.2 Å². The van der Waals surface area contributed by atoms with Crippen molar-refractivity contribution in [1.29, 1.82) is 5.26 Å². The van der Waals surface area contributed by atoms with Gasteiger partial charge < -0.3 is 15.8 Å². The monoisotopic (exact) mass is 355 g/mol. The molecule has 1 atom stereocenters. The number of hydrogen-bond donors (Lipinski definition) is 3. The third-order valence-corrected chi connectivity index (χ3v) is 5.03. The lowest BCUT2D eigenvalue weighted by Crippen LogP contribution is -2.42. The van der Waals surface area contributed by atoms with Gasteiger partial charge in [-0.25, -0.2) is 0 Å². The van der Waals surface area contributed by atoms with Crippen molar-refractivity contribution in [3.63, 3.8) is 0 Å². The third-order valence-electron chi connectivity index (χ3n) is 5.03. The van der Waals surface area contributed by atoms with Crippen molar-refractivity contribution in [3.8, 4) is 23.2 Å². The number of aromatic amines is 1. The van der Waals surface area contributed by atoms with Gasteiger partial charge in [0.25, 0.3) is 0 Å². The first-order valence-electron chi connectivity index (χ1n) is 8.31. The van der Waals surface area contributed by atoms with Crippen molar-refractivity contribution in [2.24, 2.45) is 5.73 Å². The number of benzene rings is 2. The second-order valence-corrected chi connectivity index (χ2v) is 6.35. The Bertz CT molecular complexity index is 1170. The number of rotatable bonds is 1. The molecule has 1 amide bonds. The molecule has 27 heavy (non-hydrogen) atoms. The van der Waals surface area contributed by atoms with E-state index in [9.17, 15) is 10.1 Å². The smallest absolute Gasteiger partial charge is 0.245 e. The lowest BCUT2D eigenvalue weighted by Gasteiger charge is -2.31. The number of carbonyl (C=O) groups excluding carboxylic acids is 1. The second-order valence-electron chi connectivity index (χ2n) is 6.35. The molecule has 0 unspecified atom stereocenters. The van der Waals surface area contributed by atoms with Gasteiger partial charge in [-0.1, -0.05) is 48.5 Å². The zero-order valence-corrected chi connectivity index (χ0v) is 14.0. The highest BCUT2D eigenvalue weighted by Crippen LogP contribution is 2.55. The van der Waals surface area contributed by atoms with Crippen molar-refractivity contribution in [2.45, 2.75) is 5.41 Å². The summed E-state index contributed by atoms with van der Waals surface area (Å²) in [6.45, 7) is 0. The Morgan fingerprint density at radius 2 is 1.85 bits per heavy atom. The summed E-state index contributed by atoms with van der Waals surface area (Å²) in [6, 6.07) is 18.8. The Labute approximate surface area is 154 Å². The van der Waals surface area contributed by atoms with Gasteiger partial charge in [0.2, 0.25) is 17.7 Å². The minimum absolute atomic E-state index is 0.0519. The molecule has 2 aliphatic heterocycles. The van der Waals surface area contributed by atoms with Crippen LogP contribution in [0.5, 0.6) is 5.88 Å². The molecule has 0 bridgehead atoms. The molecule has 4 N–H and O–H groups in total. The van der Waals surface area contributed by atoms with Crippen LogP contribution >= 0.6 is 0 Å². The lowest BCUT2D eigenvalue weighted by atomic mass is 9.68. The molecule has 5 rings (SSSR count). The number of anilines is 1. The number of nitrogens with zero attached hydrogens (tertiary/aromatic N) is 2. The number of nitrogens with two attached hydrogens (primary N) is 1. The van der Waals surface area contributed by atoms with Crippen molar-refractivity contribution in [3.05, 3.63) is 77.2 Å². The molecule has 1 aromatic heterocycles. The maximum Gasteiger partial charge on any atom is 0.245 e. The molecule has 0 saturated carbocycles. The fourth-order valence-corrected chi connectivity index (χ4v) is 3.92. The van der Waals surface area contributed by atoms with Gasteiger partial charge in [0, 0.05) is 16.8 Å². The minimum atomic E-state index is -1.42. The number of aromatic nitrogens is 2. The van der Waals surface area contributed by atoms with Crippen LogP contribution in [0.4, 0.5) is 5.69 Å². The molecule has 7 nitrogen and oxygen atoms in total. The van der Waals surface area contributed by atoms with Gasteiger partial charge >= 0.3 is 0 Å². The molecular weight excluding hydrogens is 342 g/mol. The molecule has 3 aromatic rings. The van der Waals surface area contributed by atoms with E-state index in [1.807, 2.05) is 48.5 Å². The first kappa shape index (κ1) is 15.2. The summed E-state index contributed by atoms with van der Waals surface area (Å²) in [6.07, 6.45) is 0. The molecule has 0 fully saturated rings. The van der Waals surface area contributed by atoms with E-state index in [-0.39, 0.29) is 23.2 Å². The summed E-state index contributed by atoms with van der Waals surface area (Å²) < 4.78 is 5.60. The van der Waals surface area contributed by atoms with Crippen molar-refractivity contribution in [2.75, 3.05) is 5.32 Å². The average molecular weight is 355 g/mol. The number of nitrogens with one attached hydrogen (secondary N) is 2. The van der Waals surface area contributed by atoms with Crippen LogP contribution in [0.3, 0.4) is 0 Å². The van der Waals surface area contributed by atoms with Crippen LogP contribution in [0.25, 0.3) is 11.3 Å². The number of amides is 1. The first-order valence-corrected chi connectivity index (χ1v) is 8.31. The molecule has 0 radical (unpaired) electrons. The molecule has 0 saturated heterocycles. The maximum absolute atomic E-state index is 13.3. The standard InChI is InChI=1S/C20H13N5O2/c21-10-13-17(22)27-18-15(16(24-25-18)11-6-2-1-3-7-11)20(13)12-8-4-5-9-14(12)23-19(20)26/h1-9H,22H2,(H,23,26)(H,24,25)/t20-/m1/s1. The average Bonchev–Trinajstić information content (AvgIpc) is 3.23. The number of hydrogen-bond acceptors (Lipinski definition) is 5. The minimum Gasteiger partial charge on any atom is -0.420 e. The van der Waals surface area contributed by atoms with Gasteiger partial charge in [-0.15, -0.1) is 5.10 Å². The highest BCUT2D eigenvalue weighted by molar-refractivity contribution is 6.13. The summed E-state index contributed by atoms with van der Waals surface area (Å²) in [4.78, 5) is 13.3. The molecule has 2 aromatic carbocycles. The van der Waals surface area contributed by atoms with Crippen molar-refractivity contribution >= 4 is 11.6 Å². The van der Waals surface area contributed by atoms with E-state index in [1.165, 1.54) is 0 Å². The van der Waals surface area contributed by atoms with E-state index in [1.54, 1.807) is 6.07 Å². The van der Waals surface area contributed by atoms with Crippen LogP contribution in [0.1, 0.15) is 11.1 Å². The Kier molecular flexibility index (Phi) is 2.94. The van der Waals surface area contributed by atoms with Crippen LogP contribution in [0, 0.1) is 11.3 Å². The summed E-state index contributed by atoms with van der Waals surface area (Å²) in [5, 5.41) is 19.9. The number of fused-ring (bicyclic) bond motifs is 4. The highest BCUT2D eigenvalue weighted by Gasteiger charge is 2.58. The second kappa shape index (κ2) is 5.22. The summed E-state index contributed by atoms with van der Waals surface area (Å²) in [5.41, 5.74) is 7.87. The highest BCUT2D eigenvalue weighted by atomic mass is 16.5. The van der Waals surface area contributed by atoms with Gasteiger partial charge in [-0.05, 0) is 6.07 Å². The molecular formula is C20H13N5O2. The topological polar surface area (TPSA) is 117 Å². The lowest BCUT2D eigenvalue weighted by molar-refractivity contribution is -0.118. The van der Waals surface area contributed by atoms with Crippen LogP contribution < -0.4 is 15.8 Å². The van der Waals surface area contributed by atoms with E-state index in [4.69, 9.17) is 10.5 Å². The maximum atomic E-state index is 13.3. The molecule has 130 valence electrons. The van der Waals surface area contributed by atoms with Crippen LogP contribution in [0.15, 0.2) is 66.1 Å². The van der Waals surface area contributed by atoms with Crippen LogP contribution in [0.2, 0.25) is 0 Å². The van der Waals surface area contributed by atoms with Crippen LogP contribution in [-0.4, -0.2) is 16.1 Å². The van der Waals surface area contributed by atoms with Gasteiger partial charge in [0.05, 0.1) is 11.3 Å². The van der Waals surface area contributed by atoms with Gasteiger partial charge in [0.15, 0.2) is 0 Å². The Morgan fingerprint density at radius 1 is 1.11 bits per heavy atom. The summed E-state index contributed by atoms with van der Waals surface area (Å²) in [7, 11) is 0. The molecule has 3 heterocycles. The largest absolute Gasteiger partial charge is 0.420 e. The third kappa shape index (κ3) is 1.79. The van der Waals surface area contributed by atoms with E-state index < -0.39 is 5.41 Å². The fourth-order valence-electron chi connectivity index (χ4n) is 3.92. The zero-order valence-electron chi connectivity index (χ0n) is 14.0. The Hall–Kier alpha value is -4.05. The van der Waals surface area contributed by atoms with Gasteiger partial charge in [0.1, 0.15) is 17.1 Å². The Balaban J connectivity index is 1.92. The normalized spacial score (nSPS) is 19.9. The first-order chi connectivity index (χ1) is 13.2. The molecule has 2 aliphatic rings. The SMILES string of the molecule is N#CC1=C(N)Oc2n[nH]c(-c3ccccc3)c2[C@]12C(=O)Nc1ccccc12. The fraction of sp³-hybridized carbons (Fsp3) is 0.0500. The quantitative estimate of drug-likeness (QED) is 0.620. The van der Waals surface area contributed by atoms with Gasteiger partial charge in [-0.3, -0.25) is 9.89 Å². The predicted octanol–water partition coefficient (Wildman–Crippen LogP) is 2.40. The predicted molar refractivity (Wildman–Crippen MR) is 97.3 cm³/mol. The molecule has 7 heteroatoms. The number of ether oxygens (including phenoxy) is 1. The Morgan fingerprint density at radius 3 is 2.63 bits per heavy atom. The zero-order chi connectivity index (χ0) is 18.6. The number of carbonyl (C=O) groups is 1.